The van der Waals surface area contributed by atoms with E-state index in [0.29, 0.717) is 11.3 Å². The lowest BCUT2D eigenvalue weighted by atomic mass is 10.1. The highest BCUT2D eigenvalue weighted by Gasteiger charge is 2.14. The number of nitrogens with zero attached hydrogens (tertiary/aromatic N) is 6. The summed E-state index contributed by atoms with van der Waals surface area (Å²) in [6, 6.07) is 23.2. The quantitative estimate of drug-likeness (QED) is 0.182. The van der Waals surface area contributed by atoms with Crippen LogP contribution in [0.1, 0.15) is 23.7 Å². The topological polar surface area (TPSA) is 112 Å². The van der Waals surface area contributed by atoms with E-state index in [1.54, 1.807) is 39.7 Å². The molecule has 0 saturated heterocycles. The van der Waals surface area contributed by atoms with Gasteiger partial charge >= 0.3 is 5.69 Å². The molecule has 0 amide bonds. The van der Waals surface area contributed by atoms with Crippen LogP contribution >= 0.6 is 11.8 Å². The summed E-state index contributed by atoms with van der Waals surface area (Å²) in [6.07, 6.45) is 0.176. The summed E-state index contributed by atoms with van der Waals surface area (Å²) in [6.45, 7) is 1.75. The molecule has 0 saturated carbocycles. The molecular formula is C28H31N7O3S. The van der Waals surface area contributed by atoms with Crippen molar-refractivity contribution in [3.63, 3.8) is 0 Å². The largest absolute Gasteiger partial charge is 0.491 e. The smallest absolute Gasteiger partial charge is 0.328 e. The van der Waals surface area contributed by atoms with Gasteiger partial charge in [0.15, 0.2) is 0 Å². The molecule has 0 aliphatic carbocycles. The van der Waals surface area contributed by atoms with Crippen molar-refractivity contribution < 1.29 is 9.84 Å². The lowest BCUT2D eigenvalue weighted by molar-refractivity contribution is 0.108. The summed E-state index contributed by atoms with van der Waals surface area (Å²) in [5, 5.41) is 26.9. The number of tetrazole rings is 1. The monoisotopic (exact) mass is 545 g/mol. The van der Waals surface area contributed by atoms with Gasteiger partial charge in [0, 0.05) is 26.4 Å². The predicted molar refractivity (Wildman–Crippen MR) is 151 cm³/mol. The van der Waals surface area contributed by atoms with Crippen LogP contribution in [0.5, 0.6) is 5.75 Å². The molecule has 39 heavy (non-hydrogen) atoms. The lowest BCUT2D eigenvalue weighted by Crippen LogP contribution is -2.19. The van der Waals surface area contributed by atoms with Crippen LogP contribution in [0.4, 0.5) is 0 Å². The molecule has 2 heterocycles. The van der Waals surface area contributed by atoms with Gasteiger partial charge in [-0.15, -0.1) is 5.10 Å². The van der Waals surface area contributed by atoms with E-state index < -0.39 is 6.10 Å². The molecule has 0 unspecified atom stereocenters. The zero-order chi connectivity index (χ0) is 27.2. The van der Waals surface area contributed by atoms with Gasteiger partial charge in [-0.25, -0.2) is 4.79 Å². The van der Waals surface area contributed by atoms with Crippen molar-refractivity contribution in [3.05, 3.63) is 94.4 Å². The molecule has 11 heteroatoms. The van der Waals surface area contributed by atoms with Gasteiger partial charge in [-0.2, -0.15) is 4.68 Å². The first-order chi connectivity index (χ1) is 19.0. The Morgan fingerprint density at radius 1 is 1.00 bits per heavy atom. The number of imidazole rings is 1. The molecule has 3 aromatic carbocycles. The zero-order valence-corrected chi connectivity index (χ0v) is 22.7. The molecule has 0 spiro atoms. The average molecular weight is 546 g/mol. The molecule has 10 nitrogen and oxygen atoms in total. The third-order valence-electron chi connectivity index (χ3n) is 6.51. The number of nitrogens with one attached hydrogen (secondary N) is 1. The van der Waals surface area contributed by atoms with E-state index >= 15 is 0 Å². The van der Waals surface area contributed by atoms with Crippen molar-refractivity contribution in [2.45, 2.75) is 24.2 Å². The molecule has 2 N–H and O–H groups in total. The number of aliphatic hydroxyl groups excluding tert-OH is 1. The van der Waals surface area contributed by atoms with Gasteiger partial charge in [0.1, 0.15) is 18.5 Å². The first-order valence-corrected chi connectivity index (χ1v) is 13.7. The molecule has 0 aliphatic rings. The predicted octanol–water partition coefficient (Wildman–Crippen LogP) is 3.24. The number of aryl methyl sites for hydroxylation is 2. The summed E-state index contributed by atoms with van der Waals surface area (Å²) in [7, 11) is 3.47. The molecule has 0 bridgehead atoms. The summed E-state index contributed by atoms with van der Waals surface area (Å²) in [4.78, 5) is 12.1. The maximum Gasteiger partial charge on any atom is 0.328 e. The number of hydrogen-bond acceptors (Lipinski definition) is 8. The molecule has 2 aromatic heterocycles. The number of hydrogen-bond donors (Lipinski definition) is 2. The number of rotatable bonds is 12. The normalized spacial score (nSPS) is 12.2. The molecule has 0 aliphatic heterocycles. The Morgan fingerprint density at radius 2 is 1.77 bits per heavy atom. The molecule has 1 atom stereocenters. The van der Waals surface area contributed by atoms with Crippen molar-refractivity contribution in [1.29, 1.82) is 0 Å². The maximum absolute atomic E-state index is 12.1. The fraction of sp³-hybridized carbons (Fsp3) is 0.286. The van der Waals surface area contributed by atoms with E-state index in [-0.39, 0.29) is 12.3 Å². The van der Waals surface area contributed by atoms with Crippen molar-refractivity contribution >= 4 is 22.8 Å². The second-order valence-electron chi connectivity index (χ2n) is 9.21. The Hall–Kier alpha value is -3.93. The first kappa shape index (κ1) is 26.7. The Balaban J connectivity index is 1.03. The van der Waals surface area contributed by atoms with Gasteiger partial charge in [0.2, 0.25) is 5.16 Å². The Morgan fingerprint density at radius 3 is 2.56 bits per heavy atom. The summed E-state index contributed by atoms with van der Waals surface area (Å²) in [5.74, 6) is 1.60. The number of fused-ring (bicyclic) bond motifs is 1. The van der Waals surface area contributed by atoms with E-state index in [9.17, 15) is 9.90 Å². The fourth-order valence-electron chi connectivity index (χ4n) is 4.30. The average Bonchev–Trinajstić information content (AvgIpc) is 3.53. The van der Waals surface area contributed by atoms with Gasteiger partial charge in [-0.1, -0.05) is 48.2 Å². The maximum atomic E-state index is 12.1. The van der Waals surface area contributed by atoms with E-state index in [0.717, 1.165) is 52.7 Å². The van der Waals surface area contributed by atoms with E-state index in [1.807, 2.05) is 72.8 Å². The van der Waals surface area contributed by atoms with Crippen LogP contribution in [0.15, 0.2) is 82.7 Å². The van der Waals surface area contributed by atoms with Gasteiger partial charge in [-0.3, -0.25) is 9.13 Å². The van der Waals surface area contributed by atoms with E-state index in [1.165, 1.54) is 0 Å². The Kier molecular flexibility index (Phi) is 8.40. The standard InChI is InChI=1S/C28H31N7O3S/c1-33-24-14-11-21(17-25(24)34(2)28(33)37)26(36)19-38-23-12-9-20(10-13-23)18-29-15-6-16-39-27-30-31-32-35(27)22-7-4-3-5-8-22/h3-5,7-14,17,26,29,36H,6,15-16,18-19H2,1-2H3/t26-/m1/s1. The lowest BCUT2D eigenvalue weighted by Gasteiger charge is -2.14. The number of ether oxygens (including phenoxy) is 1. The van der Waals surface area contributed by atoms with Crippen LogP contribution in [0.2, 0.25) is 0 Å². The van der Waals surface area contributed by atoms with Crippen LogP contribution in [-0.2, 0) is 20.6 Å². The number of para-hydroxylation sites is 1. The fourth-order valence-corrected chi connectivity index (χ4v) is 5.13. The van der Waals surface area contributed by atoms with Gasteiger partial charge in [0.25, 0.3) is 0 Å². The SMILES string of the molecule is Cn1c(=O)n(C)c2cc([C@H](O)COc3ccc(CNCCCSc4nnnn4-c4ccccc4)cc3)ccc21. The second kappa shape index (κ2) is 12.3. The van der Waals surface area contributed by atoms with Crippen LogP contribution in [0.3, 0.4) is 0 Å². The number of aliphatic hydroxyl groups is 1. The van der Waals surface area contributed by atoms with Crippen LogP contribution in [0, 0.1) is 0 Å². The Bertz CT molecular complexity index is 1580. The minimum absolute atomic E-state index is 0.0942. The molecular weight excluding hydrogens is 514 g/mol. The highest BCUT2D eigenvalue weighted by molar-refractivity contribution is 7.99. The second-order valence-corrected chi connectivity index (χ2v) is 10.3. The molecule has 5 aromatic rings. The van der Waals surface area contributed by atoms with Gasteiger partial charge in [0.05, 0.1) is 16.7 Å². The van der Waals surface area contributed by atoms with Crippen molar-refractivity contribution in [1.82, 2.24) is 34.7 Å². The van der Waals surface area contributed by atoms with Gasteiger partial charge in [-0.05, 0) is 70.9 Å². The molecule has 202 valence electrons. The summed E-state index contributed by atoms with van der Waals surface area (Å²) in [5.41, 5.74) is 4.32. The van der Waals surface area contributed by atoms with Crippen LogP contribution in [0.25, 0.3) is 16.7 Å². The highest BCUT2D eigenvalue weighted by Crippen LogP contribution is 2.22. The highest BCUT2D eigenvalue weighted by atomic mass is 32.2. The third kappa shape index (κ3) is 6.22. The van der Waals surface area contributed by atoms with E-state index in [4.69, 9.17) is 4.74 Å². The van der Waals surface area contributed by atoms with Gasteiger partial charge < -0.3 is 15.2 Å². The minimum atomic E-state index is -0.804. The number of aromatic nitrogens is 6. The Labute approximate surface area is 230 Å². The first-order valence-electron chi connectivity index (χ1n) is 12.7. The zero-order valence-electron chi connectivity index (χ0n) is 21.9. The van der Waals surface area contributed by atoms with E-state index in [2.05, 4.69) is 20.8 Å². The summed E-state index contributed by atoms with van der Waals surface area (Å²) < 4.78 is 10.7. The van der Waals surface area contributed by atoms with Crippen LogP contribution < -0.4 is 15.7 Å². The van der Waals surface area contributed by atoms with Crippen molar-refractivity contribution in [2.24, 2.45) is 14.1 Å². The van der Waals surface area contributed by atoms with Crippen LogP contribution in [-0.4, -0.2) is 53.4 Å². The number of thioether (sulfide) groups is 1. The molecule has 0 radical (unpaired) electrons. The number of benzene rings is 3. The molecule has 0 fully saturated rings. The summed E-state index contributed by atoms with van der Waals surface area (Å²) >= 11 is 1.64. The van der Waals surface area contributed by atoms with Crippen molar-refractivity contribution in [2.75, 3.05) is 18.9 Å². The third-order valence-corrected chi connectivity index (χ3v) is 7.52. The minimum Gasteiger partial charge on any atom is -0.491 e. The molecule has 5 rings (SSSR count). The van der Waals surface area contributed by atoms with Crippen molar-refractivity contribution in [3.8, 4) is 11.4 Å².